The molecular weight excluding hydrogens is 398 g/mol. The number of ether oxygens (including phenoxy) is 1. The summed E-state index contributed by atoms with van der Waals surface area (Å²) in [6.07, 6.45) is 0. The summed E-state index contributed by atoms with van der Waals surface area (Å²) < 4.78 is 32.9. The van der Waals surface area contributed by atoms with Crippen LogP contribution >= 0.6 is 11.6 Å². The van der Waals surface area contributed by atoms with E-state index in [4.69, 9.17) is 16.3 Å². The average molecular weight is 420 g/mol. The molecule has 5 nitrogen and oxygen atoms in total. The van der Waals surface area contributed by atoms with Crippen molar-refractivity contribution in [1.29, 1.82) is 0 Å². The summed E-state index contributed by atoms with van der Waals surface area (Å²) >= 11 is 6.04. The molecule has 0 aliphatic rings. The number of rotatable bonds is 4. The smallest absolute Gasteiger partial charge is 0.356 e. The summed E-state index contributed by atoms with van der Waals surface area (Å²) in [5, 5.41) is 0.998. The molecule has 0 bridgehead atoms. The first-order valence-electron chi connectivity index (χ1n) is 8.90. The molecule has 0 N–H and O–H groups in total. The Morgan fingerprint density at radius 1 is 1.07 bits per heavy atom. The maximum Gasteiger partial charge on any atom is 0.356 e. The molecule has 1 aromatic heterocycles. The number of hydrogen-bond donors (Lipinski definition) is 0. The van der Waals surface area contributed by atoms with Gasteiger partial charge in [-0.15, -0.1) is 0 Å². The number of esters is 1. The Morgan fingerprint density at radius 3 is 2.29 bits per heavy atom. The maximum atomic E-state index is 13.4. The number of nitrogens with zero attached hydrogens (tertiary/aromatic N) is 1. The number of fused-ring (bicyclic) bond motifs is 1. The molecule has 0 unspecified atom stereocenters. The van der Waals surface area contributed by atoms with Gasteiger partial charge in [0.2, 0.25) is 0 Å². The number of carbonyl (C=O) groups excluding carboxylic acids is 1. The summed E-state index contributed by atoms with van der Waals surface area (Å²) in [6, 6.07) is 13.0. The second-order valence-corrected chi connectivity index (χ2v) is 9.72. The van der Waals surface area contributed by atoms with Crippen molar-refractivity contribution in [2.75, 3.05) is 6.61 Å². The highest BCUT2D eigenvalue weighted by molar-refractivity contribution is 7.90. The maximum absolute atomic E-state index is 13.4. The van der Waals surface area contributed by atoms with E-state index in [0.29, 0.717) is 15.9 Å². The molecule has 0 spiro atoms. The second-order valence-electron chi connectivity index (χ2n) is 7.50. The van der Waals surface area contributed by atoms with Crippen molar-refractivity contribution < 1.29 is 17.9 Å². The zero-order valence-electron chi connectivity index (χ0n) is 16.2. The zero-order chi connectivity index (χ0) is 20.7. The zero-order valence-corrected chi connectivity index (χ0v) is 17.8. The Labute approximate surface area is 169 Å². The van der Waals surface area contributed by atoms with Gasteiger partial charge in [-0.2, -0.15) is 0 Å². The summed E-state index contributed by atoms with van der Waals surface area (Å²) in [7, 11) is -4.02. The van der Waals surface area contributed by atoms with Gasteiger partial charge in [0, 0.05) is 10.4 Å². The fourth-order valence-corrected chi connectivity index (χ4v) is 4.68. The summed E-state index contributed by atoms with van der Waals surface area (Å²) in [5.74, 6) is -0.704. The van der Waals surface area contributed by atoms with Crippen LogP contribution in [0.2, 0.25) is 5.02 Å². The normalized spacial score (nSPS) is 12.3. The van der Waals surface area contributed by atoms with Gasteiger partial charge < -0.3 is 4.74 Å². The van der Waals surface area contributed by atoms with E-state index in [9.17, 15) is 13.2 Å². The fraction of sp³-hybridized carbons (Fsp3) is 0.286. The number of hydrogen-bond acceptors (Lipinski definition) is 4. The van der Waals surface area contributed by atoms with Crippen LogP contribution in [0, 0.1) is 0 Å². The van der Waals surface area contributed by atoms with E-state index in [1.54, 1.807) is 49.4 Å². The molecule has 0 aliphatic carbocycles. The number of carbonyl (C=O) groups is 1. The monoisotopic (exact) mass is 419 g/mol. The third-order valence-corrected chi connectivity index (χ3v) is 6.44. The molecule has 0 saturated carbocycles. The van der Waals surface area contributed by atoms with Crippen LogP contribution in [0.3, 0.4) is 0 Å². The van der Waals surface area contributed by atoms with Gasteiger partial charge in [0.15, 0.2) is 0 Å². The molecular formula is C21H22ClNO4S. The van der Waals surface area contributed by atoms with E-state index < -0.39 is 16.0 Å². The summed E-state index contributed by atoms with van der Waals surface area (Å²) in [5.41, 5.74) is 1.22. The average Bonchev–Trinajstić information content (AvgIpc) is 3.00. The minimum Gasteiger partial charge on any atom is -0.461 e. The van der Waals surface area contributed by atoms with Crippen LogP contribution in [0.25, 0.3) is 10.9 Å². The highest BCUT2D eigenvalue weighted by Gasteiger charge is 2.27. The van der Waals surface area contributed by atoms with Crippen LogP contribution in [0.5, 0.6) is 0 Å². The highest BCUT2D eigenvalue weighted by Crippen LogP contribution is 2.30. The summed E-state index contributed by atoms with van der Waals surface area (Å²) in [6.45, 7) is 7.97. The number of halogens is 1. The fourth-order valence-electron chi connectivity index (χ4n) is 3.00. The third kappa shape index (κ3) is 3.66. The molecule has 0 amide bonds. The van der Waals surface area contributed by atoms with E-state index in [1.165, 1.54) is 6.07 Å². The van der Waals surface area contributed by atoms with Crippen LogP contribution < -0.4 is 0 Å². The van der Waals surface area contributed by atoms with Crippen LogP contribution in [-0.2, 0) is 20.2 Å². The van der Waals surface area contributed by atoms with E-state index in [1.807, 2.05) is 0 Å². The lowest BCUT2D eigenvalue weighted by atomic mass is 9.87. The molecule has 0 saturated heterocycles. The molecule has 0 radical (unpaired) electrons. The number of aromatic nitrogens is 1. The van der Waals surface area contributed by atoms with Crippen molar-refractivity contribution in [3.63, 3.8) is 0 Å². The van der Waals surface area contributed by atoms with Crippen molar-refractivity contribution in [3.05, 3.63) is 64.8 Å². The predicted molar refractivity (Wildman–Crippen MR) is 111 cm³/mol. The minimum atomic E-state index is -4.02. The predicted octanol–water partition coefficient (Wildman–Crippen LogP) is 5.01. The van der Waals surface area contributed by atoms with Crippen molar-refractivity contribution in [2.45, 2.75) is 38.0 Å². The minimum absolute atomic E-state index is 0.0565. The van der Waals surface area contributed by atoms with Gasteiger partial charge in [-0.3, -0.25) is 0 Å². The Morgan fingerprint density at radius 2 is 1.71 bits per heavy atom. The van der Waals surface area contributed by atoms with E-state index in [-0.39, 0.29) is 22.6 Å². The van der Waals surface area contributed by atoms with E-state index >= 15 is 0 Å². The lowest BCUT2D eigenvalue weighted by Gasteiger charge is -2.19. The van der Waals surface area contributed by atoms with Gasteiger partial charge in [0.05, 0.1) is 17.0 Å². The van der Waals surface area contributed by atoms with Gasteiger partial charge in [0.1, 0.15) is 5.69 Å². The quantitative estimate of drug-likeness (QED) is 0.558. The molecule has 3 rings (SSSR count). The number of benzene rings is 2. The Hall–Kier alpha value is -2.31. The van der Waals surface area contributed by atoms with Crippen molar-refractivity contribution >= 4 is 38.5 Å². The van der Waals surface area contributed by atoms with E-state index in [0.717, 1.165) is 9.54 Å². The molecule has 28 heavy (non-hydrogen) atoms. The van der Waals surface area contributed by atoms with Crippen LogP contribution in [0.15, 0.2) is 53.4 Å². The van der Waals surface area contributed by atoms with Gasteiger partial charge in [-0.1, -0.05) is 44.5 Å². The van der Waals surface area contributed by atoms with Crippen molar-refractivity contribution in [2.24, 2.45) is 0 Å². The second kappa shape index (κ2) is 7.26. The first-order chi connectivity index (χ1) is 13.1. The molecule has 148 valence electrons. The molecule has 0 fully saturated rings. The van der Waals surface area contributed by atoms with Gasteiger partial charge in [-0.25, -0.2) is 17.2 Å². The molecule has 1 heterocycles. The van der Waals surface area contributed by atoms with Gasteiger partial charge in [-0.05, 0) is 54.3 Å². The van der Waals surface area contributed by atoms with Crippen LogP contribution in [-0.4, -0.2) is 25.0 Å². The van der Waals surface area contributed by atoms with Gasteiger partial charge in [0.25, 0.3) is 10.0 Å². The van der Waals surface area contributed by atoms with Crippen molar-refractivity contribution in [1.82, 2.24) is 3.97 Å². The van der Waals surface area contributed by atoms with Crippen LogP contribution in [0.4, 0.5) is 0 Å². The Kier molecular flexibility index (Phi) is 5.30. The SMILES string of the molecule is CCOC(=O)c1cc2cc(Cl)ccc2n1S(=O)(=O)c1ccc(C(C)(C)C)cc1. The Balaban J connectivity index is 2.23. The Bertz CT molecular complexity index is 1140. The highest BCUT2D eigenvalue weighted by atomic mass is 35.5. The molecule has 3 aromatic rings. The lowest BCUT2D eigenvalue weighted by Crippen LogP contribution is -2.20. The van der Waals surface area contributed by atoms with E-state index in [2.05, 4.69) is 20.8 Å². The first kappa shape index (κ1) is 20.4. The largest absolute Gasteiger partial charge is 0.461 e. The summed E-state index contributed by atoms with van der Waals surface area (Å²) in [4.78, 5) is 12.5. The molecule has 0 atom stereocenters. The van der Waals surface area contributed by atoms with Gasteiger partial charge >= 0.3 is 5.97 Å². The molecule has 0 aliphatic heterocycles. The molecule has 7 heteroatoms. The topological polar surface area (TPSA) is 65.4 Å². The standard InChI is InChI=1S/C21H22ClNO4S/c1-5-27-20(24)19-13-14-12-16(22)8-11-18(14)23(19)28(25,26)17-9-6-15(7-10-17)21(2,3)4/h6-13H,5H2,1-4H3. The third-order valence-electron chi connectivity index (χ3n) is 4.46. The first-order valence-corrected chi connectivity index (χ1v) is 10.7. The molecule has 2 aromatic carbocycles. The van der Waals surface area contributed by atoms with Crippen LogP contribution in [0.1, 0.15) is 43.7 Å². The lowest BCUT2D eigenvalue weighted by molar-refractivity contribution is 0.0518. The van der Waals surface area contributed by atoms with Crippen molar-refractivity contribution in [3.8, 4) is 0 Å².